The molecule has 10 heteroatoms. The van der Waals surface area contributed by atoms with E-state index in [0.29, 0.717) is 39.1 Å². The minimum atomic E-state index is -0.317. The van der Waals surface area contributed by atoms with Crippen LogP contribution in [0, 0.1) is 0 Å². The van der Waals surface area contributed by atoms with E-state index in [2.05, 4.69) is 37.0 Å². The fourth-order valence-electron chi connectivity index (χ4n) is 3.91. The minimum Gasteiger partial charge on any atom is -0.494 e. The number of anilines is 4. The Balaban J connectivity index is 1.75. The van der Waals surface area contributed by atoms with Crippen LogP contribution in [-0.2, 0) is 4.79 Å². The lowest BCUT2D eigenvalue weighted by Crippen LogP contribution is -2.29. The zero-order chi connectivity index (χ0) is 27.2. The minimum absolute atomic E-state index is 0.317. The summed E-state index contributed by atoms with van der Waals surface area (Å²) in [6, 6.07) is 13.1. The topological polar surface area (TPSA) is 95.5 Å². The molecule has 0 saturated carbocycles. The van der Waals surface area contributed by atoms with Crippen molar-refractivity contribution < 1.29 is 9.53 Å². The maximum absolute atomic E-state index is 12.2. The zero-order valence-electron chi connectivity index (χ0n) is 21.8. The average Bonchev–Trinajstić information content (AvgIpc) is 2.91. The van der Waals surface area contributed by atoms with E-state index < -0.39 is 0 Å². The van der Waals surface area contributed by atoms with E-state index in [1.807, 2.05) is 57.5 Å². The monoisotopic (exact) mass is 531 g/mol. The van der Waals surface area contributed by atoms with E-state index in [4.69, 9.17) is 21.3 Å². The third-order valence-electron chi connectivity index (χ3n) is 5.92. The van der Waals surface area contributed by atoms with Crippen LogP contribution in [0.1, 0.15) is 0 Å². The molecule has 0 radical (unpaired) electrons. The Morgan fingerprint density at radius 1 is 1.11 bits per heavy atom. The lowest BCUT2D eigenvalue weighted by molar-refractivity contribution is -0.111. The van der Waals surface area contributed by atoms with E-state index in [9.17, 15) is 4.79 Å². The number of rotatable bonds is 10. The summed E-state index contributed by atoms with van der Waals surface area (Å²) in [5.74, 6) is 0.600. The number of methoxy groups -OCH3 is 1. The van der Waals surface area contributed by atoms with E-state index in [-0.39, 0.29) is 5.91 Å². The molecule has 0 aliphatic heterocycles. The molecule has 2 aromatic carbocycles. The fourth-order valence-corrected chi connectivity index (χ4v) is 4.10. The lowest BCUT2D eigenvalue weighted by Gasteiger charge is -2.26. The normalized spacial score (nSPS) is 10.9. The van der Waals surface area contributed by atoms with Gasteiger partial charge in [-0.25, -0.2) is 9.97 Å². The molecule has 2 heterocycles. The van der Waals surface area contributed by atoms with Gasteiger partial charge in [0.1, 0.15) is 16.8 Å². The number of hydrogen-bond acceptors (Lipinski definition) is 8. The second-order valence-electron chi connectivity index (χ2n) is 8.91. The number of fused-ring (bicyclic) bond motifs is 1. The van der Waals surface area contributed by atoms with Gasteiger partial charge in [-0.15, -0.1) is 0 Å². The number of nitrogens with one attached hydrogen (secondary N) is 2. The predicted molar refractivity (Wildman–Crippen MR) is 155 cm³/mol. The Kier molecular flexibility index (Phi) is 8.40. The zero-order valence-corrected chi connectivity index (χ0v) is 22.6. The van der Waals surface area contributed by atoms with Crippen LogP contribution in [0.25, 0.3) is 22.2 Å². The first kappa shape index (κ1) is 26.8. The molecule has 38 heavy (non-hydrogen) atoms. The molecule has 0 saturated heterocycles. The summed E-state index contributed by atoms with van der Waals surface area (Å²) < 4.78 is 5.70. The third kappa shape index (κ3) is 6.19. The number of aromatic nitrogens is 3. The summed E-state index contributed by atoms with van der Waals surface area (Å²) >= 11 is 6.23. The van der Waals surface area contributed by atoms with Crippen molar-refractivity contribution >= 4 is 51.6 Å². The van der Waals surface area contributed by atoms with Crippen LogP contribution in [0.5, 0.6) is 5.75 Å². The number of halogens is 1. The molecule has 9 nitrogen and oxygen atoms in total. The van der Waals surface area contributed by atoms with Gasteiger partial charge in [0.25, 0.3) is 0 Å². The highest BCUT2D eigenvalue weighted by Crippen LogP contribution is 2.38. The summed E-state index contributed by atoms with van der Waals surface area (Å²) in [7, 11) is 7.58. The van der Waals surface area contributed by atoms with E-state index >= 15 is 0 Å². The molecule has 1 amide bonds. The number of carbonyl (C=O) groups excluding carboxylic acids is 1. The molecule has 0 atom stereocenters. The van der Waals surface area contributed by atoms with Crippen molar-refractivity contribution in [2.75, 3.05) is 56.9 Å². The van der Waals surface area contributed by atoms with Crippen LogP contribution < -0.4 is 20.3 Å². The van der Waals surface area contributed by atoms with Gasteiger partial charge in [-0.1, -0.05) is 30.3 Å². The Morgan fingerprint density at radius 2 is 1.92 bits per heavy atom. The van der Waals surface area contributed by atoms with Crippen molar-refractivity contribution in [2.24, 2.45) is 0 Å². The van der Waals surface area contributed by atoms with E-state index in [1.54, 1.807) is 25.6 Å². The Bertz CT molecular complexity index is 1480. The van der Waals surface area contributed by atoms with Crippen molar-refractivity contribution in [3.05, 3.63) is 72.5 Å². The maximum atomic E-state index is 12.2. The van der Waals surface area contributed by atoms with Gasteiger partial charge in [-0.05, 0) is 50.0 Å². The van der Waals surface area contributed by atoms with Crippen LogP contribution in [0.2, 0.25) is 5.02 Å². The van der Waals surface area contributed by atoms with Crippen LogP contribution in [0.3, 0.4) is 0 Å². The molecule has 0 unspecified atom stereocenters. The quantitative estimate of drug-likeness (QED) is 0.269. The number of carbonyl (C=O) groups is 1. The molecule has 4 rings (SSSR count). The molecule has 2 aromatic heterocycles. The molecule has 0 spiro atoms. The van der Waals surface area contributed by atoms with Crippen LogP contribution in [0.15, 0.2) is 67.5 Å². The van der Waals surface area contributed by atoms with Gasteiger partial charge in [-0.2, -0.15) is 0 Å². The maximum Gasteiger partial charge on any atom is 0.247 e. The first-order valence-corrected chi connectivity index (χ1v) is 12.3. The molecule has 0 aliphatic rings. The second kappa shape index (κ2) is 11.9. The molecular formula is C28H30ClN7O2. The number of pyridine rings is 1. The summed E-state index contributed by atoms with van der Waals surface area (Å²) in [6.07, 6.45) is 4.62. The first-order chi connectivity index (χ1) is 18.3. The molecular weight excluding hydrogens is 502 g/mol. The molecule has 4 aromatic rings. The Hall–Kier alpha value is -4.21. The van der Waals surface area contributed by atoms with Crippen molar-refractivity contribution in [3.63, 3.8) is 0 Å². The molecule has 2 N–H and O–H groups in total. The van der Waals surface area contributed by atoms with E-state index in [0.717, 1.165) is 29.9 Å². The van der Waals surface area contributed by atoms with Gasteiger partial charge in [0, 0.05) is 43.0 Å². The summed E-state index contributed by atoms with van der Waals surface area (Å²) in [6.45, 7) is 5.15. The van der Waals surface area contributed by atoms with Gasteiger partial charge >= 0.3 is 0 Å². The number of hydrogen-bond donors (Lipinski definition) is 2. The summed E-state index contributed by atoms with van der Waals surface area (Å²) in [5.41, 5.74) is 5.11. The summed E-state index contributed by atoms with van der Waals surface area (Å²) in [4.78, 5) is 30.0. The highest BCUT2D eigenvalue weighted by molar-refractivity contribution is 6.30. The third-order valence-corrected chi connectivity index (χ3v) is 6.15. The lowest BCUT2D eigenvalue weighted by atomic mass is 10.1. The fraction of sp³-hybridized carbons (Fsp3) is 0.214. The van der Waals surface area contributed by atoms with Crippen molar-refractivity contribution in [3.8, 4) is 16.9 Å². The standard InChI is InChI=1S/C28H30ClN7O2/c1-6-26(37)32-21-15-22(25(38-5)16-24(21)36(4)13-12-35(2)3)33-28-31-17-23-27(34-28)20(10-11-30-23)18-8-7-9-19(29)14-18/h6-11,14-17H,1,12-13H2,2-5H3,(H,32,37)(H,31,33,34). The van der Waals surface area contributed by atoms with Crippen molar-refractivity contribution in [1.29, 1.82) is 0 Å². The van der Waals surface area contributed by atoms with E-state index in [1.165, 1.54) is 6.08 Å². The summed E-state index contributed by atoms with van der Waals surface area (Å²) in [5, 5.41) is 6.78. The highest BCUT2D eigenvalue weighted by Gasteiger charge is 2.17. The highest BCUT2D eigenvalue weighted by atomic mass is 35.5. The smallest absolute Gasteiger partial charge is 0.247 e. The van der Waals surface area contributed by atoms with Gasteiger partial charge in [-0.3, -0.25) is 9.78 Å². The van der Waals surface area contributed by atoms with Gasteiger partial charge < -0.3 is 25.2 Å². The number of amides is 1. The van der Waals surface area contributed by atoms with Crippen LogP contribution in [-0.4, -0.2) is 67.1 Å². The van der Waals surface area contributed by atoms with Gasteiger partial charge in [0.2, 0.25) is 11.9 Å². The molecule has 0 bridgehead atoms. The molecule has 0 aliphatic carbocycles. The van der Waals surface area contributed by atoms with Crippen molar-refractivity contribution in [2.45, 2.75) is 0 Å². The number of likely N-dealkylation sites (N-methyl/N-ethyl adjacent to an activating group) is 2. The van der Waals surface area contributed by atoms with Crippen molar-refractivity contribution in [1.82, 2.24) is 19.9 Å². The molecule has 196 valence electrons. The largest absolute Gasteiger partial charge is 0.494 e. The number of nitrogens with zero attached hydrogens (tertiary/aromatic N) is 5. The first-order valence-electron chi connectivity index (χ1n) is 11.9. The van der Waals surface area contributed by atoms with Gasteiger partial charge in [0.05, 0.1) is 30.4 Å². The Labute approximate surface area is 227 Å². The number of ether oxygens (including phenoxy) is 1. The molecule has 0 fully saturated rings. The average molecular weight is 532 g/mol. The van der Waals surface area contributed by atoms with Gasteiger partial charge in [0.15, 0.2) is 0 Å². The predicted octanol–water partition coefficient (Wildman–Crippen LogP) is 5.22. The van der Waals surface area contributed by atoms with Crippen LogP contribution >= 0.6 is 11.6 Å². The second-order valence-corrected chi connectivity index (χ2v) is 9.35. The SMILES string of the molecule is C=CC(=O)Nc1cc(Nc2ncc3nccc(-c4cccc(Cl)c4)c3n2)c(OC)cc1N(C)CCN(C)C. The Morgan fingerprint density at radius 3 is 2.63 bits per heavy atom. The van der Waals surface area contributed by atoms with Crippen LogP contribution in [0.4, 0.5) is 23.0 Å². The number of benzene rings is 2.